The zero-order chi connectivity index (χ0) is 20.4. The van der Waals surface area contributed by atoms with E-state index in [1.807, 2.05) is 42.5 Å². The topological polar surface area (TPSA) is 88.3 Å². The van der Waals surface area contributed by atoms with Crippen molar-refractivity contribution in [3.8, 4) is 11.1 Å². The van der Waals surface area contributed by atoms with E-state index in [9.17, 15) is 9.59 Å². The molecule has 0 bridgehead atoms. The van der Waals surface area contributed by atoms with Gasteiger partial charge in [-0.3, -0.25) is 9.59 Å². The van der Waals surface area contributed by atoms with Crippen LogP contribution in [0.15, 0.2) is 54.7 Å². The van der Waals surface area contributed by atoms with Crippen LogP contribution in [-0.4, -0.2) is 41.8 Å². The molecular weight excluding hydrogens is 364 g/mol. The second-order valence-electron chi connectivity index (χ2n) is 7.46. The Balaban J connectivity index is 1.60. The average molecular weight is 388 g/mol. The van der Waals surface area contributed by atoms with Crippen molar-refractivity contribution in [2.45, 2.75) is 12.8 Å². The standard InChI is InChI=1S/C23H24N4O2/c1-25-22(28)19-6-3-9-27(14-19)23(29)17-5-2-4-15(10-17)16-7-8-18-13-26-21(24)12-20(18)11-16/h2,4-5,7-8,10-13,19H,3,6,9,14H2,1H3,(H2,24,26)(H,25,28)/t19-/m0/s1. The van der Waals surface area contributed by atoms with Crippen molar-refractivity contribution >= 4 is 28.4 Å². The number of rotatable bonds is 3. The molecule has 0 aliphatic carbocycles. The number of hydrogen-bond acceptors (Lipinski definition) is 4. The highest BCUT2D eigenvalue weighted by molar-refractivity contribution is 5.96. The van der Waals surface area contributed by atoms with Crippen LogP contribution in [-0.2, 0) is 4.79 Å². The molecule has 1 fully saturated rings. The molecular formula is C23H24N4O2. The molecule has 2 aromatic carbocycles. The van der Waals surface area contributed by atoms with Gasteiger partial charge < -0.3 is 16.0 Å². The maximum absolute atomic E-state index is 13.1. The fourth-order valence-corrected chi connectivity index (χ4v) is 3.93. The lowest BCUT2D eigenvalue weighted by atomic mass is 9.96. The Morgan fingerprint density at radius 1 is 1.10 bits per heavy atom. The van der Waals surface area contributed by atoms with Crippen LogP contribution in [0.5, 0.6) is 0 Å². The Labute approximate surface area is 169 Å². The van der Waals surface area contributed by atoms with E-state index in [2.05, 4.69) is 16.4 Å². The number of nitrogen functional groups attached to an aromatic ring is 1. The van der Waals surface area contributed by atoms with Gasteiger partial charge >= 0.3 is 0 Å². The number of pyridine rings is 1. The van der Waals surface area contributed by atoms with Gasteiger partial charge in [-0.2, -0.15) is 0 Å². The van der Waals surface area contributed by atoms with Gasteiger partial charge in [0, 0.05) is 37.3 Å². The largest absolute Gasteiger partial charge is 0.384 e. The minimum Gasteiger partial charge on any atom is -0.384 e. The summed E-state index contributed by atoms with van der Waals surface area (Å²) >= 11 is 0. The number of nitrogens with two attached hydrogens (primary N) is 1. The van der Waals surface area contributed by atoms with Crippen molar-refractivity contribution in [3.05, 3.63) is 60.3 Å². The van der Waals surface area contributed by atoms with Gasteiger partial charge in [0.05, 0.1) is 5.92 Å². The van der Waals surface area contributed by atoms with E-state index in [0.29, 0.717) is 24.5 Å². The summed E-state index contributed by atoms with van der Waals surface area (Å²) in [6.07, 6.45) is 3.41. The Morgan fingerprint density at radius 2 is 1.93 bits per heavy atom. The predicted octanol–water partition coefficient (Wildman–Crippen LogP) is 3.08. The van der Waals surface area contributed by atoms with E-state index in [4.69, 9.17) is 5.73 Å². The zero-order valence-corrected chi connectivity index (χ0v) is 16.4. The molecule has 148 valence electrons. The number of aromatic nitrogens is 1. The molecule has 3 N–H and O–H groups in total. The SMILES string of the molecule is CNC(=O)[C@H]1CCCN(C(=O)c2cccc(-c3ccc4cnc(N)cc4c3)c2)C1. The monoisotopic (exact) mass is 388 g/mol. The van der Waals surface area contributed by atoms with Gasteiger partial charge in [-0.15, -0.1) is 0 Å². The van der Waals surface area contributed by atoms with E-state index in [-0.39, 0.29) is 17.7 Å². The molecule has 6 heteroatoms. The van der Waals surface area contributed by atoms with E-state index >= 15 is 0 Å². The fourth-order valence-electron chi connectivity index (χ4n) is 3.93. The number of anilines is 1. The Bertz CT molecular complexity index is 1080. The summed E-state index contributed by atoms with van der Waals surface area (Å²) in [4.78, 5) is 31.0. The lowest BCUT2D eigenvalue weighted by molar-refractivity contribution is -0.125. The van der Waals surface area contributed by atoms with E-state index in [0.717, 1.165) is 34.7 Å². The molecule has 2 heterocycles. The van der Waals surface area contributed by atoms with Crippen molar-refractivity contribution in [3.63, 3.8) is 0 Å². The molecule has 1 aliphatic rings. The number of carbonyl (C=O) groups excluding carboxylic acids is 2. The third-order valence-electron chi connectivity index (χ3n) is 5.51. The summed E-state index contributed by atoms with van der Waals surface area (Å²) in [6.45, 7) is 1.14. The second kappa shape index (κ2) is 7.91. The molecule has 29 heavy (non-hydrogen) atoms. The normalized spacial score (nSPS) is 16.6. The number of benzene rings is 2. The Hall–Kier alpha value is -3.41. The molecule has 1 aromatic heterocycles. The lowest BCUT2D eigenvalue weighted by Crippen LogP contribution is -2.44. The number of nitrogens with zero attached hydrogens (tertiary/aromatic N) is 2. The predicted molar refractivity (Wildman–Crippen MR) is 114 cm³/mol. The number of carbonyl (C=O) groups is 2. The van der Waals surface area contributed by atoms with Gasteiger partial charge in [0.2, 0.25) is 5.91 Å². The zero-order valence-electron chi connectivity index (χ0n) is 16.4. The van der Waals surface area contributed by atoms with Crippen LogP contribution in [0.3, 0.4) is 0 Å². The highest BCUT2D eigenvalue weighted by atomic mass is 16.2. The lowest BCUT2D eigenvalue weighted by Gasteiger charge is -2.32. The quantitative estimate of drug-likeness (QED) is 0.722. The maximum Gasteiger partial charge on any atom is 0.253 e. The molecule has 1 aliphatic heterocycles. The van der Waals surface area contributed by atoms with Gasteiger partial charge in [0.25, 0.3) is 5.91 Å². The minimum absolute atomic E-state index is 0.00109. The van der Waals surface area contributed by atoms with Gasteiger partial charge in [-0.05, 0) is 53.6 Å². The van der Waals surface area contributed by atoms with Gasteiger partial charge in [0.1, 0.15) is 5.82 Å². The van der Waals surface area contributed by atoms with Crippen LogP contribution in [0, 0.1) is 5.92 Å². The van der Waals surface area contributed by atoms with Crippen molar-refractivity contribution in [1.29, 1.82) is 0 Å². The first-order valence-electron chi connectivity index (χ1n) is 9.82. The van der Waals surface area contributed by atoms with Crippen LogP contribution in [0.4, 0.5) is 5.82 Å². The summed E-state index contributed by atoms with van der Waals surface area (Å²) in [6, 6.07) is 15.6. The molecule has 1 atom stereocenters. The summed E-state index contributed by atoms with van der Waals surface area (Å²) in [7, 11) is 1.64. The molecule has 0 radical (unpaired) electrons. The molecule has 1 saturated heterocycles. The summed E-state index contributed by atoms with van der Waals surface area (Å²) in [5.41, 5.74) is 8.42. The first kappa shape index (κ1) is 18.9. The van der Waals surface area contributed by atoms with Crippen molar-refractivity contribution in [1.82, 2.24) is 15.2 Å². The third-order valence-corrected chi connectivity index (χ3v) is 5.51. The van der Waals surface area contributed by atoms with Crippen LogP contribution in [0.2, 0.25) is 0 Å². The van der Waals surface area contributed by atoms with Gasteiger partial charge in [0.15, 0.2) is 0 Å². The van der Waals surface area contributed by atoms with Crippen molar-refractivity contribution in [2.24, 2.45) is 5.92 Å². The van der Waals surface area contributed by atoms with Crippen molar-refractivity contribution < 1.29 is 9.59 Å². The Kier molecular flexibility index (Phi) is 5.16. The molecule has 0 spiro atoms. The first-order chi connectivity index (χ1) is 14.0. The molecule has 6 nitrogen and oxygen atoms in total. The summed E-state index contributed by atoms with van der Waals surface area (Å²) < 4.78 is 0. The van der Waals surface area contributed by atoms with E-state index in [1.54, 1.807) is 18.1 Å². The smallest absolute Gasteiger partial charge is 0.253 e. The third kappa shape index (κ3) is 3.92. The molecule has 2 amide bonds. The highest BCUT2D eigenvalue weighted by Gasteiger charge is 2.28. The summed E-state index contributed by atoms with van der Waals surface area (Å²) in [5.74, 6) is 0.311. The van der Waals surface area contributed by atoms with Crippen LogP contribution >= 0.6 is 0 Å². The van der Waals surface area contributed by atoms with Gasteiger partial charge in [-0.25, -0.2) is 4.98 Å². The van der Waals surface area contributed by atoms with Crippen LogP contribution in [0.1, 0.15) is 23.2 Å². The Morgan fingerprint density at radius 3 is 2.76 bits per heavy atom. The number of fused-ring (bicyclic) bond motifs is 1. The second-order valence-corrected chi connectivity index (χ2v) is 7.46. The fraction of sp³-hybridized carbons (Fsp3) is 0.261. The number of amides is 2. The maximum atomic E-state index is 13.1. The highest BCUT2D eigenvalue weighted by Crippen LogP contribution is 2.27. The number of piperidine rings is 1. The van der Waals surface area contributed by atoms with E-state index in [1.165, 1.54) is 0 Å². The number of likely N-dealkylation sites (tertiary alicyclic amines) is 1. The minimum atomic E-state index is -0.138. The van der Waals surface area contributed by atoms with Gasteiger partial charge in [-0.1, -0.05) is 24.3 Å². The molecule has 3 aromatic rings. The molecule has 4 rings (SSSR count). The number of nitrogens with one attached hydrogen (secondary N) is 1. The molecule has 0 unspecified atom stereocenters. The van der Waals surface area contributed by atoms with Crippen molar-refractivity contribution in [2.75, 3.05) is 25.9 Å². The summed E-state index contributed by atoms with van der Waals surface area (Å²) in [5, 5.41) is 4.72. The van der Waals surface area contributed by atoms with Crippen LogP contribution < -0.4 is 11.1 Å². The van der Waals surface area contributed by atoms with Crippen LogP contribution in [0.25, 0.3) is 21.9 Å². The molecule has 0 saturated carbocycles. The average Bonchev–Trinajstić information content (AvgIpc) is 2.77. The first-order valence-corrected chi connectivity index (χ1v) is 9.82. The number of hydrogen-bond donors (Lipinski definition) is 2. The van der Waals surface area contributed by atoms with E-state index < -0.39 is 0 Å².